The van der Waals surface area contributed by atoms with Crippen LogP contribution in [0.3, 0.4) is 0 Å². The highest BCUT2D eigenvalue weighted by Crippen LogP contribution is 2.25. The van der Waals surface area contributed by atoms with Gasteiger partial charge in [0.05, 0.1) is 0 Å². The maximum atomic E-state index is 11.7. The number of anilines is 2. The van der Waals surface area contributed by atoms with Crippen LogP contribution in [-0.4, -0.2) is 35.4 Å². The molecule has 1 saturated carbocycles. The second-order valence-electron chi connectivity index (χ2n) is 7.27. The Morgan fingerprint density at radius 3 is 2.42 bits per heavy atom. The highest BCUT2D eigenvalue weighted by atomic mass is 16.2. The summed E-state index contributed by atoms with van der Waals surface area (Å²) in [4.78, 5) is 14.0. The molecule has 2 aromatic rings. The number of nitrogens with zero attached hydrogens (tertiary/aromatic N) is 3. The van der Waals surface area contributed by atoms with Crippen molar-refractivity contribution in [2.24, 2.45) is 5.92 Å². The molecule has 0 unspecified atom stereocenters. The Labute approximate surface area is 154 Å². The minimum atomic E-state index is -0.198. The molecule has 4 rings (SSSR count). The van der Waals surface area contributed by atoms with Gasteiger partial charge in [0.15, 0.2) is 11.6 Å². The quantitative estimate of drug-likeness (QED) is 0.868. The number of benzene rings is 1. The number of hydrogen-bond acceptors (Lipinski definition) is 4. The normalized spacial score (nSPS) is 17.8. The van der Waals surface area contributed by atoms with Gasteiger partial charge >= 0.3 is 6.03 Å². The lowest BCUT2D eigenvalue weighted by Crippen LogP contribution is -2.35. The van der Waals surface area contributed by atoms with E-state index in [0.717, 1.165) is 44.1 Å². The first-order valence-corrected chi connectivity index (χ1v) is 9.46. The predicted octanol–water partition coefficient (Wildman–Crippen LogP) is 3.22. The topological polar surface area (TPSA) is 70.2 Å². The van der Waals surface area contributed by atoms with E-state index < -0.39 is 0 Å². The molecule has 0 bridgehead atoms. The lowest BCUT2D eigenvalue weighted by molar-refractivity contribution is 0.251. The van der Waals surface area contributed by atoms with Crippen LogP contribution in [0.25, 0.3) is 0 Å². The van der Waals surface area contributed by atoms with Crippen LogP contribution in [-0.2, 0) is 6.42 Å². The van der Waals surface area contributed by atoms with E-state index in [1.54, 1.807) is 0 Å². The number of piperidine rings is 1. The molecular weight excluding hydrogens is 326 g/mol. The van der Waals surface area contributed by atoms with Gasteiger partial charge in [-0.15, -0.1) is 10.2 Å². The Balaban J connectivity index is 1.26. The molecule has 1 saturated heterocycles. The van der Waals surface area contributed by atoms with Crippen molar-refractivity contribution in [3.8, 4) is 0 Å². The SMILES string of the molecule is O=C(Nc1ccc(N2CCC(Cc3ccccc3)CC2)nn1)NC1CC1. The molecule has 1 aliphatic heterocycles. The molecule has 2 heterocycles. The van der Waals surface area contributed by atoms with Crippen molar-refractivity contribution in [1.82, 2.24) is 15.5 Å². The molecule has 2 aliphatic rings. The minimum Gasteiger partial charge on any atom is -0.355 e. The zero-order valence-electron chi connectivity index (χ0n) is 14.9. The van der Waals surface area contributed by atoms with Gasteiger partial charge in [-0.05, 0) is 55.7 Å². The van der Waals surface area contributed by atoms with Gasteiger partial charge in [-0.1, -0.05) is 30.3 Å². The first-order valence-electron chi connectivity index (χ1n) is 9.46. The van der Waals surface area contributed by atoms with Crippen LogP contribution in [0, 0.1) is 5.92 Å². The fourth-order valence-electron chi connectivity index (χ4n) is 3.44. The summed E-state index contributed by atoms with van der Waals surface area (Å²) >= 11 is 0. The molecule has 136 valence electrons. The number of carbonyl (C=O) groups is 1. The molecule has 6 nitrogen and oxygen atoms in total. The second-order valence-corrected chi connectivity index (χ2v) is 7.27. The number of carbonyl (C=O) groups excluding carboxylic acids is 1. The van der Waals surface area contributed by atoms with Gasteiger partial charge in [0.1, 0.15) is 0 Å². The van der Waals surface area contributed by atoms with Crippen LogP contribution < -0.4 is 15.5 Å². The lowest BCUT2D eigenvalue weighted by Gasteiger charge is -2.32. The van der Waals surface area contributed by atoms with Gasteiger partial charge in [-0.2, -0.15) is 0 Å². The Hall–Kier alpha value is -2.63. The van der Waals surface area contributed by atoms with Crippen LogP contribution in [0.5, 0.6) is 0 Å². The van der Waals surface area contributed by atoms with Crippen LogP contribution >= 0.6 is 0 Å². The van der Waals surface area contributed by atoms with Gasteiger partial charge in [0.25, 0.3) is 0 Å². The first-order chi connectivity index (χ1) is 12.8. The molecule has 1 aromatic heterocycles. The van der Waals surface area contributed by atoms with E-state index in [1.807, 2.05) is 12.1 Å². The molecular formula is C20H25N5O. The van der Waals surface area contributed by atoms with E-state index in [0.29, 0.717) is 11.9 Å². The molecule has 2 amide bonds. The summed E-state index contributed by atoms with van der Waals surface area (Å²) in [5, 5.41) is 14.0. The van der Waals surface area contributed by atoms with Gasteiger partial charge in [-0.3, -0.25) is 5.32 Å². The molecule has 6 heteroatoms. The van der Waals surface area contributed by atoms with Crippen molar-refractivity contribution in [1.29, 1.82) is 0 Å². The molecule has 0 radical (unpaired) electrons. The standard InChI is InChI=1S/C20H25N5O/c26-20(21-17-6-7-17)22-18-8-9-19(24-23-18)25-12-10-16(11-13-25)14-15-4-2-1-3-5-15/h1-5,8-9,16-17H,6-7,10-14H2,(H2,21,22,23,26). The number of nitrogens with one attached hydrogen (secondary N) is 2. The lowest BCUT2D eigenvalue weighted by atomic mass is 9.90. The van der Waals surface area contributed by atoms with Crippen molar-refractivity contribution in [3.63, 3.8) is 0 Å². The number of aromatic nitrogens is 2. The third-order valence-electron chi connectivity index (χ3n) is 5.11. The summed E-state index contributed by atoms with van der Waals surface area (Å²) in [7, 11) is 0. The van der Waals surface area contributed by atoms with Crippen LogP contribution in [0.4, 0.5) is 16.4 Å². The molecule has 2 fully saturated rings. The third kappa shape index (κ3) is 4.50. The zero-order valence-corrected chi connectivity index (χ0v) is 14.9. The molecule has 0 spiro atoms. The fourth-order valence-corrected chi connectivity index (χ4v) is 3.44. The van der Waals surface area contributed by atoms with E-state index in [1.165, 1.54) is 18.4 Å². The molecule has 2 N–H and O–H groups in total. The summed E-state index contributed by atoms with van der Waals surface area (Å²) in [5.74, 6) is 2.11. The summed E-state index contributed by atoms with van der Waals surface area (Å²) in [6.07, 6.45) is 5.62. The van der Waals surface area contributed by atoms with Gasteiger partial charge < -0.3 is 10.2 Å². The van der Waals surface area contributed by atoms with Crippen molar-refractivity contribution in [3.05, 3.63) is 48.0 Å². The average Bonchev–Trinajstić information content (AvgIpc) is 3.48. The number of urea groups is 1. The van der Waals surface area contributed by atoms with E-state index >= 15 is 0 Å². The van der Waals surface area contributed by atoms with Gasteiger partial charge in [0, 0.05) is 19.1 Å². The number of hydrogen-bond donors (Lipinski definition) is 2. The van der Waals surface area contributed by atoms with Crippen LogP contribution in [0.1, 0.15) is 31.2 Å². The minimum absolute atomic E-state index is 0.198. The van der Waals surface area contributed by atoms with Crippen molar-refractivity contribution in [2.75, 3.05) is 23.3 Å². The Morgan fingerprint density at radius 2 is 1.77 bits per heavy atom. The maximum absolute atomic E-state index is 11.7. The monoisotopic (exact) mass is 351 g/mol. The van der Waals surface area contributed by atoms with Crippen LogP contribution in [0.15, 0.2) is 42.5 Å². The summed E-state index contributed by atoms with van der Waals surface area (Å²) < 4.78 is 0. The van der Waals surface area contributed by atoms with Gasteiger partial charge in [-0.25, -0.2) is 4.79 Å². The number of rotatable bonds is 5. The molecule has 1 aromatic carbocycles. The maximum Gasteiger partial charge on any atom is 0.320 e. The smallest absolute Gasteiger partial charge is 0.320 e. The summed E-state index contributed by atoms with van der Waals surface area (Å²) in [6.45, 7) is 2.00. The zero-order chi connectivity index (χ0) is 17.8. The van der Waals surface area contributed by atoms with E-state index in [-0.39, 0.29) is 6.03 Å². The number of amides is 2. The van der Waals surface area contributed by atoms with Gasteiger partial charge in [0.2, 0.25) is 0 Å². The molecule has 1 aliphatic carbocycles. The average molecular weight is 351 g/mol. The van der Waals surface area contributed by atoms with Crippen molar-refractivity contribution >= 4 is 17.7 Å². The highest BCUT2D eigenvalue weighted by Gasteiger charge is 2.23. The first kappa shape index (κ1) is 16.8. The Morgan fingerprint density at radius 1 is 1.00 bits per heavy atom. The van der Waals surface area contributed by atoms with E-state index in [9.17, 15) is 4.79 Å². The Bertz CT molecular complexity index is 722. The molecule has 26 heavy (non-hydrogen) atoms. The van der Waals surface area contributed by atoms with E-state index in [4.69, 9.17) is 0 Å². The van der Waals surface area contributed by atoms with Crippen molar-refractivity contribution < 1.29 is 4.79 Å². The molecule has 0 atom stereocenters. The largest absolute Gasteiger partial charge is 0.355 e. The fraction of sp³-hybridized carbons (Fsp3) is 0.450. The Kier molecular flexibility index (Phi) is 5.00. The third-order valence-corrected chi connectivity index (χ3v) is 5.11. The summed E-state index contributed by atoms with van der Waals surface area (Å²) in [5.41, 5.74) is 1.42. The second kappa shape index (κ2) is 7.72. The predicted molar refractivity (Wildman–Crippen MR) is 102 cm³/mol. The highest BCUT2D eigenvalue weighted by molar-refractivity contribution is 5.88. The summed E-state index contributed by atoms with van der Waals surface area (Å²) in [6, 6.07) is 14.6. The van der Waals surface area contributed by atoms with E-state index in [2.05, 4.69) is 56.1 Å². The van der Waals surface area contributed by atoms with Crippen molar-refractivity contribution in [2.45, 2.75) is 38.1 Å². The van der Waals surface area contributed by atoms with Crippen LogP contribution in [0.2, 0.25) is 0 Å².